The van der Waals surface area contributed by atoms with Crippen molar-refractivity contribution in [1.29, 1.82) is 0 Å². The van der Waals surface area contributed by atoms with Gasteiger partial charge in [-0.1, -0.05) is 50.8 Å². The normalized spacial score (nSPS) is 17.3. The second-order valence-corrected chi connectivity index (χ2v) is 8.24. The summed E-state index contributed by atoms with van der Waals surface area (Å²) >= 11 is 0. The van der Waals surface area contributed by atoms with Crippen molar-refractivity contribution in [2.75, 3.05) is 6.54 Å². The van der Waals surface area contributed by atoms with Crippen molar-refractivity contribution >= 4 is 15.7 Å². The lowest BCUT2D eigenvalue weighted by molar-refractivity contribution is -0.123. The molecule has 1 saturated carbocycles. The number of rotatable bonds is 7. The molecule has 1 aromatic rings. The zero-order valence-corrected chi connectivity index (χ0v) is 14.0. The fourth-order valence-corrected chi connectivity index (χ4v) is 5.24. The Labute approximate surface area is 133 Å². The van der Waals surface area contributed by atoms with Crippen LogP contribution in [0.2, 0.25) is 0 Å². The zero-order chi connectivity index (χ0) is 16.1. The van der Waals surface area contributed by atoms with E-state index >= 15 is 0 Å². The van der Waals surface area contributed by atoms with Crippen LogP contribution in [0.3, 0.4) is 0 Å². The SMILES string of the molecule is CCCCCNC(=O)C1(S(=O)(=O)c2ccccc2)CCCC1. The van der Waals surface area contributed by atoms with Crippen LogP contribution in [0.4, 0.5) is 0 Å². The number of sulfone groups is 1. The first-order valence-corrected chi connectivity index (χ1v) is 9.61. The minimum Gasteiger partial charge on any atom is -0.355 e. The summed E-state index contributed by atoms with van der Waals surface area (Å²) in [5, 5.41) is 2.86. The van der Waals surface area contributed by atoms with Crippen LogP contribution in [0.1, 0.15) is 51.9 Å². The second-order valence-electron chi connectivity index (χ2n) is 5.98. The minimum absolute atomic E-state index is 0.251. The fourth-order valence-electron chi connectivity index (χ4n) is 3.13. The van der Waals surface area contributed by atoms with Gasteiger partial charge in [-0.15, -0.1) is 0 Å². The molecule has 0 unspecified atom stereocenters. The average molecular weight is 323 g/mol. The standard InChI is InChI=1S/C17H25NO3S/c1-2-3-9-14-18-16(19)17(12-7-8-13-17)22(20,21)15-10-5-4-6-11-15/h4-6,10-11H,2-3,7-9,12-14H2,1H3,(H,18,19). The van der Waals surface area contributed by atoms with E-state index < -0.39 is 14.6 Å². The van der Waals surface area contributed by atoms with Crippen LogP contribution < -0.4 is 5.32 Å². The molecule has 0 bridgehead atoms. The van der Waals surface area contributed by atoms with E-state index in [1.54, 1.807) is 30.3 Å². The van der Waals surface area contributed by atoms with Crippen LogP contribution in [0.15, 0.2) is 35.2 Å². The van der Waals surface area contributed by atoms with Crippen LogP contribution in [0.25, 0.3) is 0 Å². The smallest absolute Gasteiger partial charge is 0.241 e. The van der Waals surface area contributed by atoms with Crippen LogP contribution in [0.5, 0.6) is 0 Å². The maximum atomic E-state index is 13.0. The summed E-state index contributed by atoms with van der Waals surface area (Å²) in [6.45, 7) is 2.65. The number of carbonyl (C=O) groups is 1. The molecule has 0 heterocycles. The van der Waals surface area contributed by atoms with E-state index in [1.807, 2.05) is 0 Å². The van der Waals surface area contributed by atoms with Crippen molar-refractivity contribution in [3.05, 3.63) is 30.3 Å². The van der Waals surface area contributed by atoms with Crippen LogP contribution in [0, 0.1) is 0 Å². The summed E-state index contributed by atoms with van der Waals surface area (Å²) in [5.41, 5.74) is 0. The van der Waals surface area contributed by atoms with Crippen molar-refractivity contribution in [2.45, 2.75) is 61.5 Å². The van der Waals surface area contributed by atoms with Gasteiger partial charge in [0.15, 0.2) is 14.6 Å². The number of unbranched alkanes of at least 4 members (excludes halogenated alkanes) is 2. The van der Waals surface area contributed by atoms with E-state index in [2.05, 4.69) is 12.2 Å². The minimum atomic E-state index is -3.65. The highest BCUT2D eigenvalue weighted by Crippen LogP contribution is 2.40. The largest absolute Gasteiger partial charge is 0.355 e. The van der Waals surface area contributed by atoms with Gasteiger partial charge >= 0.3 is 0 Å². The Kier molecular flexibility index (Phi) is 5.62. The number of hydrogen-bond acceptors (Lipinski definition) is 3. The molecule has 1 fully saturated rings. The molecule has 5 heteroatoms. The van der Waals surface area contributed by atoms with Gasteiger partial charge in [0.25, 0.3) is 0 Å². The Hall–Kier alpha value is -1.36. The molecule has 0 atom stereocenters. The molecule has 0 saturated heterocycles. The van der Waals surface area contributed by atoms with Gasteiger partial charge in [-0.05, 0) is 31.4 Å². The summed E-state index contributed by atoms with van der Waals surface area (Å²) in [7, 11) is -3.65. The van der Waals surface area contributed by atoms with E-state index in [4.69, 9.17) is 0 Å². The van der Waals surface area contributed by atoms with Crippen molar-refractivity contribution in [3.8, 4) is 0 Å². The molecule has 4 nitrogen and oxygen atoms in total. The third kappa shape index (κ3) is 3.19. The predicted molar refractivity (Wildman–Crippen MR) is 87.4 cm³/mol. The lowest BCUT2D eigenvalue weighted by Gasteiger charge is -2.27. The molecule has 1 aliphatic carbocycles. The molecule has 0 spiro atoms. The number of hydrogen-bond donors (Lipinski definition) is 1. The Morgan fingerprint density at radius 1 is 1.14 bits per heavy atom. The Morgan fingerprint density at radius 2 is 1.77 bits per heavy atom. The monoisotopic (exact) mass is 323 g/mol. The van der Waals surface area contributed by atoms with Gasteiger partial charge in [0.2, 0.25) is 5.91 Å². The van der Waals surface area contributed by atoms with E-state index in [0.29, 0.717) is 19.4 Å². The van der Waals surface area contributed by atoms with Crippen LogP contribution >= 0.6 is 0 Å². The van der Waals surface area contributed by atoms with Crippen molar-refractivity contribution in [3.63, 3.8) is 0 Å². The number of nitrogens with one attached hydrogen (secondary N) is 1. The Bertz CT molecular complexity index is 590. The van der Waals surface area contributed by atoms with Crippen molar-refractivity contribution in [2.24, 2.45) is 0 Å². The number of benzene rings is 1. The molecule has 1 amide bonds. The zero-order valence-electron chi connectivity index (χ0n) is 13.2. The topological polar surface area (TPSA) is 63.2 Å². The third-order valence-corrected chi connectivity index (χ3v) is 6.97. The lowest BCUT2D eigenvalue weighted by Crippen LogP contribution is -2.50. The molecular weight excluding hydrogens is 298 g/mol. The first-order chi connectivity index (χ1) is 10.5. The van der Waals surface area contributed by atoms with Crippen molar-refractivity contribution in [1.82, 2.24) is 5.32 Å². The Morgan fingerprint density at radius 3 is 2.36 bits per heavy atom. The molecule has 0 aliphatic heterocycles. The highest BCUT2D eigenvalue weighted by Gasteiger charge is 2.52. The molecule has 122 valence electrons. The quantitative estimate of drug-likeness (QED) is 0.784. The van der Waals surface area contributed by atoms with Gasteiger partial charge in [-0.2, -0.15) is 0 Å². The predicted octanol–water partition coefficient (Wildman–Crippen LogP) is 3.08. The third-order valence-electron chi connectivity index (χ3n) is 4.46. The molecule has 1 N–H and O–H groups in total. The van der Waals surface area contributed by atoms with Gasteiger partial charge in [-0.25, -0.2) is 8.42 Å². The fraction of sp³-hybridized carbons (Fsp3) is 0.588. The molecule has 1 aliphatic rings. The van der Waals surface area contributed by atoms with Crippen LogP contribution in [-0.4, -0.2) is 25.6 Å². The maximum Gasteiger partial charge on any atom is 0.241 e. The van der Waals surface area contributed by atoms with E-state index in [-0.39, 0.29) is 10.8 Å². The second kappa shape index (κ2) is 7.27. The van der Waals surface area contributed by atoms with Gasteiger partial charge in [0.05, 0.1) is 4.90 Å². The summed E-state index contributed by atoms with van der Waals surface area (Å²) in [6, 6.07) is 8.36. The average Bonchev–Trinajstić information content (AvgIpc) is 3.04. The van der Waals surface area contributed by atoms with Gasteiger partial charge < -0.3 is 5.32 Å². The molecular formula is C17H25NO3S. The molecule has 0 aromatic heterocycles. The van der Waals surface area contributed by atoms with E-state index in [1.165, 1.54) is 0 Å². The van der Waals surface area contributed by atoms with Gasteiger partial charge in [0.1, 0.15) is 0 Å². The highest BCUT2D eigenvalue weighted by atomic mass is 32.2. The summed E-state index contributed by atoms with van der Waals surface area (Å²) in [4.78, 5) is 12.9. The number of amides is 1. The Balaban J connectivity index is 2.23. The molecule has 1 aromatic carbocycles. The van der Waals surface area contributed by atoms with Gasteiger partial charge in [-0.3, -0.25) is 4.79 Å². The molecule has 2 rings (SSSR count). The van der Waals surface area contributed by atoms with Crippen molar-refractivity contribution < 1.29 is 13.2 Å². The summed E-state index contributed by atoms with van der Waals surface area (Å²) in [6.07, 6.45) is 5.42. The van der Waals surface area contributed by atoms with Crippen LogP contribution in [-0.2, 0) is 14.6 Å². The highest BCUT2D eigenvalue weighted by molar-refractivity contribution is 7.93. The first kappa shape index (κ1) is 17.0. The first-order valence-electron chi connectivity index (χ1n) is 8.12. The molecule has 22 heavy (non-hydrogen) atoms. The van der Waals surface area contributed by atoms with E-state index in [9.17, 15) is 13.2 Å². The summed E-state index contributed by atoms with van der Waals surface area (Å²) in [5.74, 6) is -0.315. The van der Waals surface area contributed by atoms with E-state index in [0.717, 1.165) is 32.1 Å². The maximum absolute atomic E-state index is 13.0. The molecule has 0 radical (unpaired) electrons. The summed E-state index contributed by atoms with van der Waals surface area (Å²) < 4.78 is 24.8. The van der Waals surface area contributed by atoms with Gasteiger partial charge in [0, 0.05) is 6.54 Å². The number of carbonyl (C=O) groups excluding carboxylic acids is 1. The lowest BCUT2D eigenvalue weighted by atomic mass is 10.1.